The number of rotatable bonds is 6. The van der Waals surface area contributed by atoms with Gasteiger partial charge in [-0.2, -0.15) is 0 Å². The zero-order valence-corrected chi connectivity index (χ0v) is 12.6. The summed E-state index contributed by atoms with van der Waals surface area (Å²) in [6.45, 7) is 0. The second-order valence-corrected chi connectivity index (χ2v) is 5.28. The Kier molecular flexibility index (Phi) is 5.05. The molecule has 2 rings (SSSR count). The Morgan fingerprint density at radius 3 is 2.62 bits per heavy atom. The number of ether oxygens (including phenoxy) is 2. The smallest absolute Gasteiger partial charge is 0.311 e. The van der Waals surface area contributed by atoms with Crippen molar-refractivity contribution in [2.45, 2.75) is 10.6 Å². The third kappa shape index (κ3) is 3.88. The van der Waals surface area contributed by atoms with Crippen LogP contribution in [0.5, 0.6) is 11.5 Å². The van der Waals surface area contributed by atoms with Crippen molar-refractivity contribution >= 4 is 17.4 Å². The molecule has 0 bridgehead atoms. The van der Waals surface area contributed by atoms with Crippen LogP contribution in [-0.4, -0.2) is 19.1 Å². The van der Waals surface area contributed by atoms with Gasteiger partial charge in [0.05, 0.1) is 19.1 Å². The van der Waals surface area contributed by atoms with Crippen molar-refractivity contribution < 1.29 is 14.4 Å². The molecule has 0 unspecified atom stereocenters. The van der Waals surface area contributed by atoms with E-state index < -0.39 is 4.92 Å². The SMILES string of the molecule is COc1cccc(SCc2ccc(OC)c([N+](=O)[O-])c2)c1. The summed E-state index contributed by atoms with van der Waals surface area (Å²) in [5.41, 5.74) is 0.858. The lowest BCUT2D eigenvalue weighted by molar-refractivity contribution is -0.385. The summed E-state index contributed by atoms with van der Waals surface area (Å²) in [4.78, 5) is 11.6. The zero-order valence-electron chi connectivity index (χ0n) is 11.7. The topological polar surface area (TPSA) is 61.6 Å². The summed E-state index contributed by atoms with van der Waals surface area (Å²) in [5, 5.41) is 11.0. The van der Waals surface area contributed by atoms with Gasteiger partial charge >= 0.3 is 5.69 Å². The zero-order chi connectivity index (χ0) is 15.2. The van der Waals surface area contributed by atoms with Crippen LogP contribution in [0.15, 0.2) is 47.4 Å². The monoisotopic (exact) mass is 305 g/mol. The number of benzene rings is 2. The lowest BCUT2D eigenvalue weighted by Crippen LogP contribution is -1.95. The summed E-state index contributed by atoms with van der Waals surface area (Å²) in [7, 11) is 3.05. The van der Waals surface area contributed by atoms with Gasteiger partial charge in [0.1, 0.15) is 5.75 Å². The molecule has 0 N–H and O–H groups in total. The average molecular weight is 305 g/mol. The standard InChI is InChI=1S/C15H15NO4S/c1-19-12-4-3-5-13(9-12)21-10-11-6-7-15(20-2)14(8-11)16(17)18/h3-9H,10H2,1-2H3. The normalized spacial score (nSPS) is 10.2. The van der Waals surface area contributed by atoms with Crippen LogP contribution >= 0.6 is 11.8 Å². The maximum absolute atomic E-state index is 11.0. The number of hydrogen-bond acceptors (Lipinski definition) is 5. The summed E-state index contributed by atoms with van der Waals surface area (Å²) in [6.07, 6.45) is 0. The van der Waals surface area contributed by atoms with Crippen LogP contribution < -0.4 is 9.47 Å². The van der Waals surface area contributed by atoms with E-state index in [1.807, 2.05) is 30.3 Å². The van der Waals surface area contributed by atoms with Crippen molar-refractivity contribution in [2.75, 3.05) is 14.2 Å². The quantitative estimate of drug-likeness (QED) is 0.460. The number of nitro groups is 1. The fourth-order valence-electron chi connectivity index (χ4n) is 1.83. The minimum absolute atomic E-state index is 0.0127. The van der Waals surface area contributed by atoms with E-state index in [0.717, 1.165) is 16.2 Å². The van der Waals surface area contributed by atoms with Crippen molar-refractivity contribution in [1.29, 1.82) is 0 Å². The highest BCUT2D eigenvalue weighted by molar-refractivity contribution is 7.98. The Balaban J connectivity index is 2.12. The molecule has 0 aliphatic heterocycles. The highest BCUT2D eigenvalue weighted by atomic mass is 32.2. The fraction of sp³-hybridized carbons (Fsp3) is 0.200. The molecular weight excluding hydrogens is 290 g/mol. The van der Waals surface area contributed by atoms with Crippen LogP contribution in [0.25, 0.3) is 0 Å². The number of hydrogen-bond donors (Lipinski definition) is 0. The van der Waals surface area contributed by atoms with E-state index in [2.05, 4.69) is 0 Å². The first-order valence-electron chi connectivity index (χ1n) is 6.22. The summed E-state index contributed by atoms with van der Waals surface area (Å²) in [5.74, 6) is 1.70. The Hall–Kier alpha value is -2.21. The van der Waals surface area contributed by atoms with Gasteiger partial charge in [-0.3, -0.25) is 10.1 Å². The average Bonchev–Trinajstić information content (AvgIpc) is 2.52. The van der Waals surface area contributed by atoms with Gasteiger partial charge in [0.15, 0.2) is 5.75 Å². The van der Waals surface area contributed by atoms with Crippen molar-refractivity contribution in [3.63, 3.8) is 0 Å². The Morgan fingerprint density at radius 2 is 1.95 bits per heavy atom. The number of nitro benzene ring substituents is 1. The van der Waals surface area contributed by atoms with E-state index in [9.17, 15) is 10.1 Å². The van der Waals surface area contributed by atoms with Crippen LogP contribution in [0.3, 0.4) is 0 Å². The van der Waals surface area contributed by atoms with Crippen molar-refractivity contribution in [3.8, 4) is 11.5 Å². The van der Waals surface area contributed by atoms with Crippen LogP contribution in [0.2, 0.25) is 0 Å². The third-order valence-electron chi connectivity index (χ3n) is 2.89. The minimum Gasteiger partial charge on any atom is -0.497 e. The molecule has 0 aliphatic carbocycles. The highest BCUT2D eigenvalue weighted by Gasteiger charge is 2.15. The first-order valence-corrected chi connectivity index (χ1v) is 7.20. The first kappa shape index (κ1) is 15.2. The second kappa shape index (κ2) is 6.99. The molecule has 0 radical (unpaired) electrons. The van der Waals surface area contributed by atoms with Crippen LogP contribution in [-0.2, 0) is 5.75 Å². The van der Waals surface area contributed by atoms with Gasteiger partial charge in [0, 0.05) is 16.7 Å². The van der Waals surface area contributed by atoms with Crippen LogP contribution in [0, 0.1) is 10.1 Å². The van der Waals surface area contributed by atoms with Crippen molar-refractivity contribution in [2.24, 2.45) is 0 Å². The molecule has 0 spiro atoms. The molecule has 0 fully saturated rings. The van der Waals surface area contributed by atoms with Crippen LogP contribution in [0.1, 0.15) is 5.56 Å². The van der Waals surface area contributed by atoms with E-state index >= 15 is 0 Å². The van der Waals surface area contributed by atoms with E-state index in [4.69, 9.17) is 9.47 Å². The predicted octanol–water partition coefficient (Wildman–Crippen LogP) is 3.90. The van der Waals surface area contributed by atoms with E-state index in [-0.39, 0.29) is 11.4 Å². The lowest BCUT2D eigenvalue weighted by atomic mass is 10.2. The van der Waals surface area contributed by atoms with Gasteiger partial charge in [-0.15, -0.1) is 11.8 Å². The molecule has 6 heteroatoms. The molecule has 0 aromatic heterocycles. The molecule has 0 atom stereocenters. The molecule has 0 aliphatic rings. The third-order valence-corrected chi connectivity index (χ3v) is 3.95. The molecule has 0 saturated carbocycles. The van der Waals surface area contributed by atoms with Gasteiger partial charge < -0.3 is 9.47 Å². The number of methoxy groups -OCH3 is 2. The maximum atomic E-state index is 11.0. The van der Waals surface area contributed by atoms with Crippen molar-refractivity contribution in [1.82, 2.24) is 0 Å². The molecule has 21 heavy (non-hydrogen) atoms. The number of thioether (sulfide) groups is 1. The molecule has 2 aromatic rings. The Morgan fingerprint density at radius 1 is 1.14 bits per heavy atom. The summed E-state index contributed by atoms with van der Waals surface area (Å²) >= 11 is 1.59. The van der Waals surface area contributed by atoms with Gasteiger partial charge in [-0.1, -0.05) is 12.1 Å². The Labute approximate surface area is 127 Å². The molecule has 0 amide bonds. The molecule has 110 valence electrons. The summed E-state index contributed by atoms with van der Waals surface area (Å²) in [6, 6.07) is 12.7. The van der Waals surface area contributed by atoms with E-state index in [1.165, 1.54) is 7.11 Å². The molecule has 0 heterocycles. The minimum atomic E-state index is -0.432. The molecule has 0 saturated heterocycles. The molecular formula is C15H15NO4S. The molecule has 2 aromatic carbocycles. The van der Waals surface area contributed by atoms with E-state index in [0.29, 0.717) is 5.75 Å². The largest absolute Gasteiger partial charge is 0.497 e. The van der Waals surface area contributed by atoms with Crippen molar-refractivity contribution in [3.05, 3.63) is 58.1 Å². The summed E-state index contributed by atoms with van der Waals surface area (Å²) < 4.78 is 10.2. The number of nitrogens with zero attached hydrogens (tertiary/aromatic N) is 1. The van der Waals surface area contributed by atoms with Gasteiger partial charge in [0.25, 0.3) is 0 Å². The highest BCUT2D eigenvalue weighted by Crippen LogP contribution is 2.31. The fourth-order valence-corrected chi connectivity index (χ4v) is 2.71. The molecule has 5 nitrogen and oxygen atoms in total. The van der Waals surface area contributed by atoms with Gasteiger partial charge in [-0.05, 0) is 29.8 Å². The van der Waals surface area contributed by atoms with Gasteiger partial charge in [0.2, 0.25) is 0 Å². The Bertz CT molecular complexity index is 645. The lowest BCUT2D eigenvalue weighted by Gasteiger charge is -2.06. The van der Waals surface area contributed by atoms with E-state index in [1.54, 1.807) is 31.0 Å². The predicted molar refractivity (Wildman–Crippen MR) is 82.2 cm³/mol. The van der Waals surface area contributed by atoms with Gasteiger partial charge in [-0.25, -0.2) is 0 Å². The second-order valence-electron chi connectivity index (χ2n) is 4.23. The maximum Gasteiger partial charge on any atom is 0.311 e. The first-order chi connectivity index (χ1) is 10.1. The van der Waals surface area contributed by atoms with Crippen LogP contribution in [0.4, 0.5) is 5.69 Å².